The number of carboxylic acid groups (broad SMARTS) is 1. The lowest BCUT2D eigenvalue weighted by Crippen LogP contribution is -2.50. The Bertz CT molecular complexity index is 1270. The summed E-state index contributed by atoms with van der Waals surface area (Å²) in [6.45, 7) is -0.152. The molecule has 2 aromatic rings. The lowest BCUT2D eigenvalue weighted by Gasteiger charge is -2.18. The number of oxime groups is 1. The number of hydrogen-bond acceptors (Lipinski definition) is 8. The van der Waals surface area contributed by atoms with Gasteiger partial charge in [0.15, 0.2) is 0 Å². The van der Waals surface area contributed by atoms with E-state index < -0.39 is 36.3 Å². The second-order valence-electron chi connectivity index (χ2n) is 8.31. The van der Waals surface area contributed by atoms with Gasteiger partial charge in [0.25, 0.3) is 0 Å². The van der Waals surface area contributed by atoms with Crippen LogP contribution in [0.1, 0.15) is 24.0 Å². The van der Waals surface area contributed by atoms with Crippen LogP contribution in [-0.2, 0) is 24.0 Å². The Balaban J connectivity index is 0.000000745. The highest BCUT2D eigenvalue weighted by molar-refractivity contribution is 6.03. The molecule has 0 aliphatic carbocycles. The van der Waals surface area contributed by atoms with E-state index >= 15 is 0 Å². The van der Waals surface area contributed by atoms with Gasteiger partial charge >= 0.3 is 24.1 Å². The highest BCUT2D eigenvalue weighted by Gasteiger charge is 2.38. The van der Waals surface area contributed by atoms with Gasteiger partial charge in [-0.15, -0.1) is 0 Å². The Morgan fingerprint density at radius 2 is 1.76 bits per heavy atom. The van der Waals surface area contributed by atoms with Crippen LogP contribution in [0.2, 0.25) is 0 Å². The molecule has 13 nitrogen and oxygen atoms in total. The summed E-state index contributed by atoms with van der Waals surface area (Å²) in [4.78, 5) is 50.9. The molecule has 0 fully saturated rings. The summed E-state index contributed by atoms with van der Waals surface area (Å²) in [6.07, 6.45) is -5.11. The van der Waals surface area contributed by atoms with Crippen molar-refractivity contribution in [2.24, 2.45) is 10.9 Å². The van der Waals surface area contributed by atoms with Crippen LogP contribution in [0, 0.1) is 5.41 Å². The SMILES string of the molecule is COC(=O)[C@H](CNC(=O)CC1CC(c2ccc(C(=N)N)cc2)=NO1)NC(=O)Nc1ccccc1.O=C(O)C(F)(F)F. The van der Waals surface area contributed by atoms with Gasteiger partial charge in [-0.1, -0.05) is 47.6 Å². The fraction of sp³-hybridized carbons (Fsp3) is 0.280. The Morgan fingerprint density at radius 1 is 1.15 bits per heavy atom. The number of nitrogens with one attached hydrogen (secondary N) is 4. The van der Waals surface area contributed by atoms with Crippen LogP contribution < -0.4 is 21.7 Å². The number of aliphatic carboxylic acids is 1. The van der Waals surface area contributed by atoms with E-state index in [0.717, 1.165) is 5.56 Å². The highest BCUT2D eigenvalue weighted by Crippen LogP contribution is 2.19. The quantitative estimate of drug-likeness (QED) is 0.147. The van der Waals surface area contributed by atoms with Crippen molar-refractivity contribution in [1.29, 1.82) is 5.41 Å². The largest absolute Gasteiger partial charge is 0.490 e. The molecule has 3 rings (SSSR count). The average Bonchev–Trinajstić information content (AvgIpc) is 3.39. The van der Waals surface area contributed by atoms with Crippen LogP contribution >= 0.6 is 0 Å². The van der Waals surface area contributed by atoms with E-state index in [1.54, 1.807) is 48.5 Å². The van der Waals surface area contributed by atoms with Gasteiger partial charge in [-0.3, -0.25) is 10.2 Å². The van der Waals surface area contributed by atoms with Crippen LogP contribution in [0.5, 0.6) is 0 Å². The lowest BCUT2D eigenvalue weighted by atomic mass is 10.0. The molecule has 1 heterocycles. The summed E-state index contributed by atoms with van der Waals surface area (Å²) in [5.41, 5.74) is 8.11. The number of rotatable bonds is 9. The van der Waals surface area contributed by atoms with Crippen LogP contribution in [0.3, 0.4) is 0 Å². The third kappa shape index (κ3) is 10.9. The van der Waals surface area contributed by atoms with Crippen molar-refractivity contribution in [1.82, 2.24) is 10.6 Å². The Hall–Kier alpha value is -5.15. The van der Waals surface area contributed by atoms with Crippen LogP contribution in [-0.4, -0.2) is 72.5 Å². The minimum absolute atomic E-state index is 0.0165. The number of halogens is 3. The second-order valence-corrected chi connectivity index (χ2v) is 8.31. The zero-order valence-corrected chi connectivity index (χ0v) is 21.5. The van der Waals surface area contributed by atoms with Crippen molar-refractivity contribution in [2.45, 2.75) is 31.2 Å². The smallest absolute Gasteiger partial charge is 0.475 e. The van der Waals surface area contributed by atoms with Crippen molar-refractivity contribution in [3.63, 3.8) is 0 Å². The number of benzene rings is 2. The highest BCUT2D eigenvalue weighted by atomic mass is 19.4. The number of para-hydroxylation sites is 1. The summed E-state index contributed by atoms with van der Waals surface area (Å²) in [7, 11) is 1.20. The van der Waals surface area contributed by atoms with Crippen molar-refractivity contribution >= 4 is 41.1 Å². The summed E-state index contributed by atoms with van der Waals surface area (Å²) in [5.74, 6) is -3.84. The summed E-state index contributed by atoms with van der Waals surface area (Å²) in [5, 5.41) is 26.3. The number of carbonyl (C=O) groups is 4. The van der Waals surface area contributed by atoms with Gasteiger partial charge in [-0.05, 0) is 17.7 Å². The van der Waals surface area contributed by atoms with Gasteiger partial charge in [0, 0.05) is 24.2 Å². The van der Waals surface area contributed by atoms with Gasteiger partial charge in [-0.2, -0.15) is 13.2 Å². The van der Waals surface area contributed by atoms with Crippen LogP contribution in [0.4, 0.5) is 23.7 Å². The number of alkyl halides is 3. The molecule has 7 N–H and O–H groups in total. The molecule has 41 heavy (non-hydrogen) atoms. The normalized spacial score (nSPS) is 14.6. The molecule has 0 aromatic heterocycles. The molecule has 1 unspecified atom stereocenters. The zero-order valence-electron chi connectivity index (χ0n) is 21.5. The van der Waals surface area contributed by atoms with Gasteiger partial charge < -0.3 is 36.4 Å². The minimum Gasteiger partial charge on any atom is -0.475 e. The summed E-state index contributed by atoms with van der Waals surface area (Å²) in [6, 6.07) is 14.0. The first-order valence-corrected chi connectivity index (χ1v) is 11.7. The fourth-order valence-electron chi connectivity index (χ4n) is 3.23. The van der Waals surface area contributed by atoms with Crippen LogP contribution in [0.15, 0.2) is 59.8 Å². The number of nitrogens with zero attached hydrogens (tertiary/aromatic N) is 1. The first-order valence-electron chi connectivity index (χ1n) is 11.7. The standard InChI is InChI=1S/C23H26N6O5.C2HF3O2/c1-33-22(31)19(28-23(32)27-16-5-3-2-4-6-16)13-26-20(30)12-17-11-18(29-34-17)14-7-9-15(10-8-14)21(24)25;3-2(4,5)1(6)7/h2-10,17,19H,11-13H2,1H3,(H3,24,25)(H,26,30)(H2,27,28,32);(H,6,7)/t17?,19-;/m0./s1. The number of esters is 1. The van der Waals surface area contributed by atoms with E-state index in [1.807, 2.05) is 6.07 Å². The third-order valence-electron chi connectivity index (χ3n) is 5.24. The average molecular weight is 581 g/mol. The van der Waals surface area contributed by atoms with Crippen molar-refractivity contribution in [2.75, 3.05) is 19.0 Å². The molecule has 16 heteroatoms. The van der Waals surface area contributed by atoms with E-state index in [4.69, 9.17) is 30.6 Å². The molecule has 0 radical (unpaired) electrons. The molecule has 1 aliphatic heterocycles. The number of nitrogen functional groups attached to an aromatic ring is 1. The molecule has 0 spiro atoms. The summed E-state index contributed by atoms with van der Waals surface area (Å²) < 4.78 is 36.5. The number of anilines is 1. The predicted molar refractivity (Wildman–Crippen MR) is 139 cm³/mol. The van der Waals surface area contributed by atoms with Crippen LogP contribution in [0.25, 0.3) is 0 Å². The number of carboxylic acids is 1. The second kappa shape index (κ2) is 14.9. The Morgan fingerprint density at radius 3 is 2.29 bits per heavy atom. The number of amides is 3. The maximum atomic E-state index is 12.4. The third-order valence-corrected chi connectivity index (χ3v) is 5.24. The maximum absolute atomic E-state index is 12.4. The molecular weight excluding hydrogens is 553 g/mol. The van der Waals surface area contributed by atoms with E-state index in [9.17, 15) is 27.6 Å². The molecular formula is C25H27F3N6O7. The number of methoxy groups -OCH3 is 1. The number of amidine groups is 1. The predicted octanol–water partition coefficient (Wildman–Crippen LogP) is 1.97. The van der Waals surface area contributed by atoms with Crippen molar-refractivity contribution < 1.29 is 47.0 Å². The number of ether oxygens (including phenoxy) is 1. The Labute approximate surface area is 231 Å². The van der Waals surface area contributed by atoms with E-state index in [1.165, 1.54) is 7.11 Å². The number of urea groups is 1. The number of carbonyl (C=O) groups excluding carboxylic acids is 3. The monoisotopic (exact) mass is 580 g/mol. The van der Waals surface area contributed by atoms with E-state index in [-0.39, 0.29) is 24.7 Å². The fourth-order valence-corrected chi connectivity index (χ4v) is 3.23. The minimum atomic E-state index is -5.08. The van der Waals surface area contributed by atoms with E-state index in [0.29, 0.717) is 23.4 Å². The van der Waals surface area contributed by atoms with Gasteiger partial charge in [0.05, 0.1) is 19.2 Å². The molecule has 0 saturated carbocycles. The lowest BCUT2D eigenvalue weighted by molar-refractivity contribution is -0.192. The molecule has 2 atom stereocenters. The summed E-state index contributed by atoms with van der Waals surface area (Å²) >= 11 is 0. The topological polar surface area (TPSA) is 205 Å². The maximum Gasteiger partial charge on any atom is 0.490 e. The molecule has 220 valence electrons. The first-order chi connectivity index (χ1) is 19.3. The number of nitrogens with two attached hydrogens (primary N) is 1. The zero-order chi connectivity index (χ0) is 30.6. The first kappa shape index (κ1) is 32.1. The van der Waals surface area contributed by atoms with Crippen molar-refractivity contribution in [3.05, 3.63) is 65.7 Å². The molecule has 3 amide bonds. The van der Waals surface area contributed by atoms with Crippen molar-refractivity contribution in [3.8, 4) is 0 Å². The van der Waals surface area contributed by atoms with Gasteiger partial charge in [-0.25, -0.2) is 14.4 Å². The number of hydrogen-bond donors (Lipinski definition) is 6. The Kier molecular flexibility index (Phi) is 11.6. The molecule has 2 aromatic carbocycles. The van der Waals surface area contributed by atoms with E-state index in [2.05, 4.69) is 21.1 Å². The molecule has 0 saturated heterocycles. The molecule has 0 bridgehead atoms. The molecule has 1 aliphatic rings. The van der Waals surface area contributed by atoms with Gasteiger partial charge in [0.1, 0.15) is 18.0 Å². The van der Waals surface area contributed by atoms with Gasteiger partial charge in [0.2, 0.25) is 5.91 Å².